The Bertz CT molecular complexity index is 626. The van der Waals surface area contributed by atoms with Crippen molar-refractivity contribution in [2.24, 2.45) is 0 Å². The van der Waals surface area contributed by atoms with Gasteiger partial charge in [0.05, 0.1) is 18.4 Å². The second kappa shape index (κ2) is 6.06. The van der Waals surface area contributed by atoms with Gasteiger partial charge in [-0.2, -0.15) is 0 Å². The molecule has 1 amide bonds. The van der Waals surface area contributed by atoms with E-state index in [0.717, 1.165) is 11.1 Å². The number of nitrogens with two attached hydrogens (primary N) is 1. The number of pyridine rings is 1. The number of rotatable bonds is 4. The average molecular weight is 271 g/mol. The number of benzene rings is 1. The molecule has 5 nitrogen and oxygen atoms in total. The van der Waals surface area contributed by atoms with Gasteiger partial charge in [-0.25, -0.2) is 0 Å². The van der Waals surface area contributed by atoms with Crippen molar-refractivity contribution in [1.82, 2.24) is 10.3 Å². The first kappa shape index (κ1) is 13.9. The third-order valence-corrected chi connectivity index (χ3v) is 3.11. The van der Waals surface area contributed by atoms with Crippen LogP contribution in [-0.2, 0) is 6.54 Å². The molecule has 2 rings (SSSR count). The van der Waals surface area contributed by atoms with Crippen LogP contribution >= 0.6 is 0 Å². The molecule has 0 bridgehead atoms. The van der Waals surface area contributed by atoms with Gasteiger partial charge in [0.2, 0.25) is 0 Å². The van der Waals surface area contributed by atoms with Crippen molar-refractivity contribution < 1.29 is 9.53 Å². The SMILES string of the molecule is COc1cccc(C(=O)NCc2ccncc2C)c1N. The van der Waals surface area contributed by atoms with Gasteiger partial charge in [-0.15, -0.1) is 0 Å². The fourth-order valence-electron chi connectivity index (χ4n) is 1.89. The largest absolute Gasteiger partial charge is 0.495 e. The molecular formula is C15H17N3O2. The van der Waals surface area contributed by atoms with E-state index in [-0.39, 0.29) is 5.91 Å². The number of aryl methyl sites for hydroxylation is 1. The summed E-state index contributed by atoms with van der Waals surface area (Å²) in [6.45, 7) is 2.39. The third kappa shape index (κ3) is 2.88. The molecule has 5 heteroatoms. The van der Waals surface area contributed by atoms with E-state index in [2.05, 4.69) is 10.3 Å². The Morgan fingerprint density at radius 1 is 1.40 bits per heavy atom. The van der Waals surface area contributed by atoms with Gasteiger partial charge >= 0.3 is 0 Å². The van der Waals surface area contributed by atoms with Crippen molar-refractivity contribution in [1.29, 1.82) is 0 Å². The van der Waals surface area contributed by atoms with Crippen LogP contribution in [-0.4, -0.2) is 18.0 Å². The first-order chi connectivity index (χ1) is 9.63. The lowest BCUT2D eigenvalue weighted by atomic mass is 10.1. The Hall–Kier alpha value is -2.56. The first-order valence-electron chi connectivity index (χ1n) is 6.23. The molecule has 0 aliphatic rings. The second-order valence-corrected chi connectivity index (χ2v) is 4.41. The molecule has 2 aromatic rings. The van der Waals surface area contributed by atoms with Gasteiger partial charge in [0.1, 0.15) is 5.75 Å². The predicted molar refractivity (Wildman–Crippen MR) is 77.6 cm³/mol. The number of carbonyl (C=O) groups is 1. The van der Waals surface area contributed by atoms with Gasteiger partial charge < -0.3 is 15.8 Å². The molecule has 0 saturated heterocycles. The number of nitrogens with zero attached hydrogens (tertiary/aromatic N) is 1. The number of aromatic nitrogens is 1. The van der Waals surface area contributed by atoms with Crippen molar-refractivity contribution in [2.75, 3.05) is 12.8 Å². The van der Waals surface area contributed by atoms with Gasteiger partial charge in [0.15, 0.2) is 0 Å². The van der Waals surface area contributed by atoms with Crippen molar-refractivity contribution in [3.63, 3.8) is 0 Å². The molecule has 0 atom stereocenters. The van der Waals surface area contributed by atoms with E-state index in [9.17, 15) is 4.79 Å². The van der Waals surface area contributed by atoms with E-state index in [1.165, 1.54) is 7.11 Å². The normalized spacial score (nSPS) is 10.1. The molecule has 1 aromatic carbocycles. The third-order valence-electron chi connectivity index (χ3n) is 3.11. The Kier molecular flexibility index (Phi) is 4.20. The van der Waals surface area contributed by atoms with Crippen LogP contribution in [0.15, 0.2) is 36.7 Å². The number of ether oxygens (including phenoxy) is 1. The fraction of sp³-hybridized carbons (Fsp3) is 0.200. The molecule has 1 heterocycles. The van der Waals surface area contributed by atoms with Crippen molar-refractivity contribution in [2.45, 2.75) is 13.5 Å². The van der Waals surface area contributed by atoms with Crippen LogP contribution < -0.4 is 15.8 Å². The maximum Gasteiger partial charge on any atom is 0.253 e. The van der Waals surface area contributed by atoms with E-state index >= 15 is 0 Å². The highest BCUT2D eigenvalue weighted by molar-refractivity contribution is 6.00. The molecule has 0 unspecified atom stereocenters. The zero-order valence-electron chi connectivity index (χ0n) is 11.5. The number of nitrogens with one attached hydrogen (secondary N) is 1. The van der Waals surface area contributed by atoms with E-state index in [0.29, 0.717) is 23.5 Å². The number of hydrogen-bond donors (Lipinski definition) is 2. The standard InChI is InChI=1S/C15H17N3O2/c1-10-8-17-7-6-11(10)9-18-15(19)12-4-3-5-13(20-2)14(12)16/h3-8H,9,16H2,1-2H3,(H,18,19). The molecule has 104 valence electrons. The molecule has 1 aromatic heterocycles. The predicted octanol–water partition coefficient (Wildman–Crippen LogP) is 1.91. The summed E-state index contributed by atoms with van der Waals surface area (Å²) in [6.07, 6.45) is 3.47. The first-order valence-corrected chi connectivity index (χ1v) is 6.23. The fourth-order valence-corrected chi connectivity index (χ4v) is 1.89. The Morgan fingerprint density at radius 3 is 2.90 bits per heavy atom. The minimum absolute atomic E-state index is 0.224. The number of carbonyl (C=O) groups excluding carboxylic acids is 1. The van der Waals surface area contributed by atoms with E-state index in [1.54, 1.807) is 30.6 Å². The molecule has 0 aliphatic heterocycles. The molecule has 0 fully saturated rings. The van der Waals surface area contributed by atoms with E-state index < -0.39 is 0 Å². The number of para-hydroxylation sites is 1. The minimum Gasteiger partial charge on any atom is -0.495 e. The van der Waals surface area contributed by atoms with Crippen LogP contribution in [0.5, 0.6) is 5.75 Å². The van der Waals surface area contributed by atoms with E-state index in [1.807, 2.05) is 13.0 Å². The molecule has 0 radical (unpaired) electrons. The molecule has 0 spiro atoms. The summed E-state index contributed by atoms with van der Waals surface area (Å²) in [5, 5.41) is 2.85. The van der Waals surface area contributed by atoms with Crippen LogP contribution in [0.3, 0.4) is 0 Å². The Balaban J connectivity index is 2.12. The summed E-state index contributed by atoms with van der Waals surface area (Å²) >= 11 is 0. The topological polar surface area (TPSA) is 77.2 Å². The maximum atomic E-state index is 12.2. The van der Waals surface area contributed by atoms with Crippen LogP contribution in [0.25, 0.3) is 0 Å². The lowest BCUT2D eigenvalue weighted by molar-refractivity contribution is 0.0951. The minimum atomic E-state index is -0.224. The van der Waals surface area contributed by atoms with Gasteiger partial charge in [-0.1, -0.05) is 6.07 Å². The lowest BCUT2D eigenvalue weighted by Crippen LogP contribution is -2.24. The van der Waals surface area contributed by atoms with Gasteiger partial charge in [0.25, 0.3) is 5.91 Å². The number of hydrogen-bond acceptors (Lipinski definition) is 4. The van der Waals surface area contributed by atoms with Crippen LogP contribution in [0.1, 0.15) is 21.5 Å². The summed E-state index contributed by atoms with van der Waals surface area (Å²) in [5.74, 6) is 0.273. The van der Waals surface area contributed by atoms with Crippen LogP contribution in [0.4, 0.5) is 5.69 Å². The summed E-state index contributed by atoms with van der Waals surface area (Å²) in [5.41, 5.74) is 8.71. The van der Waals surface area contributed by atoms with Crippen molar-refractivity contribution in [3.8, 4) is 5.75 Å². The van der Waals surface area contributed by atoms with Crippen molar-refractivity contribution in [3.05, 3.63) is 53.3 Å². The highest BCUT2D eigenvalue weighted by Gasteiger charge is 2.12. The Labute approximate surface area is 117 Å². The summed E-state index contributed by atoms with van der Waals surface area (Å²) in [4.78, 5) is 16.2. The monoisotopic (exact) mass is 271 g/mol. The highest BCUT2D eigenvalue weighted by atomic mass is 16.5. The Morgan fingerprint density at radius 2 is 2.20 bits per heavy atom. The lowest BCUT2D eigenvalue weighted by Gasteiger charge is -2.11. The molecule has 0 aliphatic carbocycles. The smallest absolute Gasteiger partial charge is 0.253 e. The quantitative estimate of drug-likeness (QED) is 0.833. The highest BCUT2D eigenvalue weighted by Crippen LogP contribution is 2.24. The second-order valence-electron chi connectivity index (χ2n) is 4.41. The number of nitrogen functional groups attached to an aromatic ring is 1. The number of methoxy groups -OCH3 is 1. The summed E-state index contributed by atoms with van der Waals surface area (Å²) in [6, 6.07) is 7.01. The summed E-state index contributed by atoms with van der Waals surface area (Å²) in [7, 11) is 1.52. The molecule has 0 saturated carbocycles. The maximum absolute atomic E-state index is 12.2. The number of anilines is 1. The van der Waals surface area contributed by atoms with Crippen LogP contribution in [0, 0.1) is 6.92 Å². The zero-order chi connectivity index (χ0) is 14.5. The summed E-state index contributed by atoms with van der Waals surface area (Å²) < 4.78 is 5.10. The van der Waals surface area contributed by atoms with Gasteiger partial charge in [-0.3, -0.25) is 9.78 Å². The molecule has 3 N–H and O–H groups in total. The van der Waals surface area contributed by atoms with Crippen molar-refractivity contribution >= 4 is 11.6 Å². The van der Waals surface area contributed by atoms with Gasteiger partial charge in [-0.05, 0) is 36.2 Å². The number of amides is 1. The zero-order valence-corrected chi connectivity index (χ0v) is 11.5. The average Bonchev–Trinajstić information content (AvgIpc) is 2.46. The molecular weight excluding hydrogens is 254 g/mol. The van der Waals surface area contributed by atoms with Gasteiger partial charge in [0, 0.05) is 18.9 Å². The van der Waals surface area contributed by atoms with E-state index in [4.69, 9.17) is 10.5 Å². The molecule has 20 heavy (non-hydrogen) atoms. The van der Waals surface area contributed by atoms with Crippen LogP contribution in [0.2, 0.25) is 0 Å².